The van der Waals surface area contributed by atoms with Gasteiger partial charge in [-0.1, -0.05) is 26.2 Å². The Morgan fingerprint density at radius 3 is 1.70 bits per heavy atom. The molecule has 0 atom stereocenters. The average molecular weight is 382 g/mol. The lowest BCUT2D eigenvalue weighted by Crippen LogP contribution is -2.22. The molecule has 0 spiro atoms. The van der Waals surface area contributed by atoms with Crippen molar-refractivity contribution in [3.63, 3.8) is 0 Å². The summed E-state index contributed by atoms with van der Waals surface area (Å²) in [6.07, 6.45) is 7.02. The summed E-state index contributed by atoms with van der Waals surface area (Å²) in [7, 11) is 0. The second kappa shape index (κ2) is 13.8. The first-order valence-corrected chi connectivity index (χ1v) is 8.90. The third-order valence-corrected chi connectivity index (χ3v) is 3.11. The molecule has 1 saturated carbocycles. The lowest BCUT2D eigenvalue weighted by molar-refractivity contribution is -0.148. The number of hydrogen-bond donors (Lipinski definition) is 1. The number of carbonyl (C=O) groups excluding carboxylic acids is 2. The van der Waals surface area contributed by atoms with Crippen molar-refractivity contribution in [2.24, 2.45) is 0 Å². The van der Waals surface area contributed by atoms with Crippen LogP contribution in [0, 0.1) is 0 Å². The third-order valence-electron chi connectivity index (χ3n) is 3.11. The number of carboxylic acid groups (broad SMARTS) is 1. The molecule has 0 aromatic rings. The fourth-order valence-electron chi connectivity index (χ4n) is 1.78. The van der Waals surface area contributed by atoms with E-state index in [-0.39, 0.29) is 23.6 Å². The van der Waals surface area contributed by atoms with Gasteiger partial charge in [-0.3, -0.25) is 0 Å². The van der Waals surface area contributed by atoms with E-state index in [0.29, 0.717) is 5.57 Å². The summed E-state index contributed by atoms with van der Waals surface area (Å²) in [6, 6.07) is 0. The Labute approximate surface area is 162 Å². The van der Waals surface area contributed by atoms with Gasteiger partial charge in [0.1, 0.15) is 11.7 Å². The normalized spacial score (nSPS) is 13.5. The minimum Gasteiger partial charge on any atom is -0.478 e. The van der Waals surface area contributed by atoms with Gasteiger partial charge in [-0.15, -0.1) is 0 Å². The molecule has 6 heteroatoms. The van der Waals surface area contributed by atoms with Crippen LogP contribution in [0.25, 0.3) is 0 Å². The fraction of sp³-hybridized carbons (Fsp3) is 0.571. The van der Waals surface area contributed by atoms with Gasteiger partial charge in [-0.25, -0.2) is 14.4 Å². The Morgan fingerprint density at radius 2 is 1.44 bits per heavy atom. The first-order valence-electron chi connectivity index (χ1n) is 8.90. The zero-order chi connectivity index (χ0) is 21.6. The smallest absolute Gasteiger partial charge is 0.333 e. The summed E-state index contributed by atoms with van der Waals surface area (Å²) in [6.45, 7) is 18.5. The molecular formula is C21H34O6. The van der Waals surface area contributed by atoms with Gasteiger partial charge < -0.3 is 14.6 Å². The molecule has 154 valence electrons. The predicted octanol–water partition coefficient (Wildman–Crippen LogP) is 4.60. The quantitative estimate of drug-likeness (QED) is 0.564. The summed E-state index contributed by atoms with van der Waals surface area (Å²) < 4.78 is 10.0. The first-order chi connectivity index (χ1) is 12.3. The molecule has 1 rings (SSSR count). The Kier molecular flexibility index (Phi) is 13.7. The summed E-state index contributed by atoms with van der Waals surface area (Å²) in [5.74, 6) is -1.54. The van der Waals surface area contributed by atoms with E-state index >= 15 is 0 Å². The molecule has 0 heterocycles. The van der Waals surface area contributed by atoms with Crippen LogP contribution in [0.2, 0.25) is 0 Å². The molecule has 0 aliphatic heterocycles. The topological polar surface area (TPSA) is 89.9 Å². The van der Waals surface area contributed by atoms with Crippen LogP contribution in [0.3, 0.4) is 0 Å². The number of ether oxygens (including phenoxy) is 2. The highest BCUT2D eigenvalue weighted by Gasteiger charge is 2.17. The van der Waals surface area contributed by atoms with Crippen LogP contribution in [0.4, 0.5) is 0 Å². The number of carboxylic acids is 1. The molecule has 1 fully saturated rings. The molecule has 0 radical (unpaired) electrons. The Balaban J connectivity index is 0. The van der Waals surface area contributed by atoms with Crippen molar-refractivity contribution in [1.82, 2.24) is 0 Å². The van der Waals surface area contributed by atoms with Crippen molar-refractivity contribution >= 4 is 17.9 Å². The molecule has 1 N–H and O–H groups in total. The van der Waals surface area contributed by atoms with Gasteiger partial charge >= 0.3 is 17.9 Å². The number of hydrogen-bond acceptors (Lipinski definition) is 5. The molecule has 0 unspecified atom stereocenters. The van der Waals surface area contributed by atoms with E-state index in [0.717, 1.165) is 18.9 Å². The second-order valence-electron chi connectivity index (χ2n) is 7.27. The van der Waals surface area contributed by atoms with Crippen molar-refractivity contribution in [1.29, 1.82) is 0 Å². The van der Waals surface area contributed by atoms with Crippen LogP contribution in [0.1, 0.15) is 66.7 Å². The third kappa shape index (κ3) is 18.2. The molecule has 1 aliphatic rings. The zero-order valence-corrected chi connectivity index (χ0v) is 17.3. The van der Waals surface area contributed by atoms with Gasteiger partial charge in [0.15, 0.2) is 0 Å². The monoisotopic (exact) mass is 382 g/mol. The molecule has 6 nitrogen and oxygen atoms in total. The van der Waals surface area contributed by atoms with Crippen LogP contribution in [-0.4, -0.2) is 34.7 Å². The average Bonchev–Trinajstić information content (AvgIpc) is 2.55. The van der Waals surface area contributed by atoms with Gasteiger partial charge in [0.25, 0.3) is 0 Å². The number of esters is 2. The summed E-state index contributed by atoms with van der Waals surface area (Å²) in [4.78, 5) is 31.2. The Bertz CT molecular complexity index is 521. The maximum atomic E-state index is 11.1. The van der Waals surface area contributed by atoms with E-state index in [4.69, 9.17) is 14.6 Å². The van der Waals surface area contributed by atoms with Crippen LogP contribution in [0.5, 0.6) is 0 Å². The van der Waals surface area contributed by atoms with Gasteiger partial charge in [-0.05, 0) is 60.3 Å². The van der Waals surface area contributed by atoms with E-state index in [1.807, 2.05) is 20.8 Å². The van der Waals surface area contributed by atoms with E-state index < -0.39 is 11.6 Å². The molecule has 0 amide bonds. The minimum atomic E-state index is -0.935. The maximum absolute atomic E-state index is 11.1. The highest BCUT2D eigenvalue weighted by molar-refractivity contribution is 5.87. The van der Waals surface area contributed by atoms with Crippen LogP contribution >= 0.6 is 0 Å². The highest BCUT2D eigenvalue weighted by Crippen LogP contribution is 2.20. The standard InChI is InChI=1S/C10H16O2.C7H12O2.C4H6O2/c1-8(2)10(11)12-9-6-4-3-5-7-9;1-5-6(8)9-7(2,3)4;1-3(2)4(5)6/h9H,1,3-7H2,2H3;5H,1H2,2-4H3;1H2,2H3,(H,5,6). The number of rotatable bonds is 4. The Hall–Kier alpha value is -2.37. The lowest BCUT2D eigenvalue weighted by atomic mass is 9.98. The molecule has 27 heavy (non-hydrogen) atoms. The summed E-state index contributed by atoms with van der Waals surface area (Å²) >= 11 is 0. The van der Waals surface area contributed by atoms with Gasteiger partial charge in [0.05, 0.1) is 0 Å². The maximum Gasteiger partial charge on any atom is 0.333 e. The largest absolute Gasteiger partial charge is 0.478 e. The predicted molar refractivity (Wildman–Crippen MR) is 106 cm³/mol. The number of aliphatic carboxylic acids is 1. The minimum absolute atomic E-state index is 0.156. The van der Waals surface area contributed by atoms with Gasteiger partial charge in [0.2, 0.25) is 0 Å². The van der Waals surface area contributed by atoms with Crippen molar-refractivity contribution in [2.75, 3.05) is 0 Å². The molecule has 1 aliphatic carbocycles. The van der Waals surface area contributed by atoms with Crippen LogP contribution in [0.15, 0.2) is 37.0 Å². The van der Waals surface area contributed by atoms with E-state index in [2.05, 4.69) is 19.7 Å². The molecule has 0 saturated heterocycles. The Morgan fingerprint density at radius 1 is 1.00 bits per heavy atom. The second-order valence-corrected chi connectivity index (χ2v) is 7.27. The van der Waals surface area contributed by atoms with Gasteiger partial charge in [-0.2, -0.15) is 0 Å². The van der Waals surface area contributed by atoms with Crippen LogP contribution < -0.4 is 0 Å². The molecule has 0 aromatic heterocycles. The number of carbonyl (C=O) groups is 3. The van der Waals surface area contributed by atoms with Crippen LogP contribution in [-0.2, 0) is 23.9 Å². The summed E-state index contributed by atoms with van der Waals surface area (Å²) in [5.41, 5.74) is 0.279. The SMILES string of the molecule is C=C(C)C(=O)O.C=C(C)C(=O)OC1CCCCC1.C=CC(=O)OC(C)(C)C. The first kappa shape index (κ1) is 26.9. The van der Waals surface area contributed by atoms with E-state index in [1.54, 1.807) is 6.92 Å². The van der Waals surface area contributed by atoms with E-state index in [9.17, 15) is 14.4 Å². The van der Waals surface area contributed by atoms with Crippen molar-refractivity contribution in [3.8, 4) is 0 Å². The molecule has 0 bridgehead atoms. The summed E-state index contributed by atoms with van der Waals surface area (Å²) in [5, 5.41) is 7.89. The van der Waals surface area contributed by atoms with Crippen molar-refractivity contribution < 1.29 is 29.0 Å². The van der Waals surface area contributed by atoms with Crippen molar-refractivity contribution in [2.45, 2.75) is 78.4 Å². The lowest BCUT2D eigenvalue weighted by Gasteiger charge is -2.21. The van der Waals surface area contributed by atoms with E-state index in [1.165, 1.54) is 26.2 Å². The molecular weight excluding hydrogens is 348 g/mol. The zero-order valence-electron chi connectivity index (χ0n) is 17.3. The highest BCUT2D eigenvalue weighted by atomic mass is 16.6. The van der Waals surface area contributed by atoms with Crippen molar-refractivity contribution in [3.05, 3.63) is 37.0 Å². The van der Waals surface area contributed by atoms with Gasteiger partial charge in [0, 0.05) is 17.2 Å². The molecule has 0 aromatic carbocycles. The fourth-order valence-corrected chi connectivity index (χ4v) is 1.78.